The van der Waals surface area contributed by atoms with E-state index in [9.17, 15) is 19.2 Å². The van der Waals surface area contributed by atoms with Crippen LogP contribution in [0.5, 0.6) is 0 Å². The molecule has 188 valence electrons. The number of hydrogen-bond acceptors (Lipinski definition) is 8. The first-order valence-electron chi connectivity index (χ1n) is 11.3. The van der Waals surface area contributed by atoms with E-state index in [4.69, 9.17) is 20.0 Å². The van der Waals surface area contributed by atoms with Crippen molar-refractivity contribution in [2.24, 2.45) is 5.73 Å². The van der Waals surface area contributed by atoms with Crippen LogP contribution in [0.4, 0.5) is 4.79 Å². The third-order valence-electron chi connectivity index (χ3n) is 4.70. The van der Waals surface area contributed by atoms with E-state index in [1.54, 1.807) is 45.0 Å². The summed E-state index contributed by atoms with van der Waals surface area (Å²) in [5.74, 6) is -1.37. The van der Waals surface area contributed by atoms with E-state index < -0.39 is 29.6 Å². The fraction of sp³-hybridized carbons (Fsp3) is 0.565. The number of carbonyl (C=O) groups is 4. The van der Waals surface area contributed by atoms with E-state index in [0.717, 1.165) is 11.5 Å². The molecule has 0 aromatic heterocycles. The summed E-state index contributed by atoms with van der Waals surface area (Å²) in [6.07, 6.45) is 1.17. The lowest BCUT2D eigenvalue weighted by Crippen LogP contribution is -2.48. The lowest BCUT2D eigenvalue weighted by atomic mass is 10.1. The van der Waals surface area contributed by atoms with Gasteiger partial charge < -0.3 is 25.8 Å². The molecule has 0 spiro atoms. The quantitative estimate of drug-likeness (QED) is 0.284. The number of nitrogens with two attached hydrogens (primary N) is 1. The molecule has 0 aliphatic carbocycles. The second-order valence-electron chi connectivity index (χ2n) is 8.67. The van der Waals surface area contributed by atoms with Crippen molar-refractivity contribution in [3.05, 3.63) is 35.4 Å². The number of fused-ring (bicyclic) bond motifs is 1. The highest BCUT2D eigenvalue weighted by atomic mass is 16.7. The smallest absolute Gasteiger partial charge is 0.408 e. The van der Waals surface area contributed by atoms with Gasteiger partial charge in [0.2, 0.25) is 5.91 Å². The summed E-state index contributed by atoms with van der Waals surface area (Å²) in [4.78, 5) is 54.2. The standard InChI is InChI=1S/C23H34N4O7/c1-23(2,3)34-22(31)26-18(10-6-7-11-24)19(28)25-12-13-32-14-15-33-27-20(29)16-8-4-5-9-17(16)21(27)30/h4-5,8-9,18H,6-7,10-15,24H2,1-3H3,(H,25,28)(H,26,31)/t18-/m1/s1. The average molecular weight is 479 g/mol. The summed E-state index contributed by atoms with van der Waals surface area (Å²) >= 11 is 0. The van der Waals surface area contributed by atoms with E-state index in [2.05, 4.69) is 10.6 Å². The van der Waals surface area contributed by atoms with Crippen molar-refractivity contribution >= 4 is 23.8 Å². The van der Waals surface area contributed by atoms with Crippen molar-refractivity contribution in [1.29, 1.82) is 0 Å². The van der Waals surface area contributed by atoms with Crippen molar-refractivity contribution in [2.45, 2.75) is 51.7 Å². The molecule has 1 atom stereocenters. The predicted octanol–water partition coefficient (Wildman–Crippen LogP) is 1.37. The number of ether oxygens (including phenoxy) is 2. The second kappa shape index (κ2) is 13.0. The molecule has 0 unspecified atom stereocenters. The minimum atomic E-state index is -0.751. The van der Waals surface area contributed by atoms with E-state index in [1.807, 2.05) is 0 Å². The van der Waals surface area contributed by atoms with Crippen LogP contribution in [-0.2, 0) is 19.1 Å². The molecule has 4 amide bonds. The van der Waals surface area contributed by atoms with E-state index in [0.29, 0.717) is 30.5 Å². The summed E-state index contributed by atoms with van der Waals surface area (Å²) in [6, 6.07) is 5.74. The molecule has 1 aromatic carbocycles. The first-order chi connectivity index (χ1) is 16.1. The van der Waals surface area contributed by atoms with E-state index in [-0.39, 0.29) is 32.3 Å². The summed E-state index contributed by atoms with van der Waals surface area (Å²) in [5.41, 5.74) is 5.44. The Bertz CT molecular complexity index is 834. The number of amides is 4. The van der Waals surface area contributed by atoms with Gasteiger partial charge in [0.1, 0.15) is 11.6 Å². The number of benzene rings is 1. The lowest BCUT2D eigenvalue weighted by Gasteiger charge is -2.23. The molecule has 2 rings (SSSR count). The van der Waals surface area contributed by atoms with E-state index in [1.165, 1.54) is 0 Å². The maximum absolute atomic E-state index is 12.5. The van der Waals surface area contributed by atoms with Crippen molar-refractivity contribution < 1.29 is 33.5 Å². The molecule has 1 aromatic rings. The van der Waals surface area contributed by atoms with Crippen molar-refractivity contribution in [2.75, 3.05) is 32.9 Å². The number of rotatable bonds is 13. The van der Waals surface area contributed by atoms with Crippen molar-refractivity contribution in [3.63, 3.8) is 0 Å². The van der Waals surface area contributed by atoms with Crippen LogP contribution in [0.15, 0.2) is 24.3 Å². The second-order valence-corrected chi connectivity index (χ2v) is 8.67. The number of unbranched alkanes of at least 4 members (excludes halogenated alkanes) is 1. The Morgan fingerprint density at radius 2 is 1.68 bits per heavy atom. The molecule has 11 nitrogen and oxygen atoms in total. The monoisotopic (exact) mass is 478 g/mol. The maximum Gasteiger partial charge on any atom is 0.408 e. The molecule has 1 aliphatic heterocycles. The fourth-order valence-corrected chi connectivity index (χ4v) is 3.15. The summed E-state index contributed by atoms with van der Waals surface area (Å²) in [5, 5.41) is 6.03. The lowest BCUT2D eigenvalue weighted by molar-refractivity contribution is -0.124. The molecule has 0 fully saturated rings. The summed E-state index contributed by atoms with van der Waals surface area (Å²) in [7, 11) is 0. The van der Waals surface area contributed by atoms with Crippen LogP contribution >= 0.6 is 0 Å². The third kappa shape index (κ3) is 8.40. The number of nitrogens with one attached hydrogen (secondary N) is 2. The van der Waals surface area contributed by atoms with Gasteiger partial charge in [-0.3, -0.25) is 19.2 Å². The maximum atomic E-state index is 12.5. The molecule has 11 heteroatoms. The Labute approximate surface area is 199 Å². The molecular formula is C23H34N4O7. The SMILES string of the molecule is CC(C)(C)OC(=O)N[C@H](CCCCN)C(=O)NCCOCCON1C(=O)c2ccccc2C1=O. The van der Waals surface area contributed by atoms with Gasteiger partial charge in [-0.05, 0) is 58.7 Å². The molecule has 0 saturated heterocycles. The van der Waals surface area contributed by atoms with Gasteiger partial charge in [-0.2, -0.15) is 0 Å². The summed E-state index contributed by atoms with van der Waals surface area (Å²) in [6.45, 7) is 6.20. The molecular weight excluding hydrogens is 444 g/mol. The first-order valence-corrected chi connectivity index (χ1v) is 11.3. The largest absolute Gasteiger partial charge is 0.444 e. The van der Waals surface area contributed by atoms with Gasteiger partial charge in [-0.1, -0.05) is 12.1 Å². The molecule has 4 N–H and O–H groups in total. The highest BCUT2D eigenvalue weighted by Crippen LogP contribution is 2.22. The summed E-state index contributed by atoms with van der Waals surface area (Å²) < 4.78 is 10.6. The van der Waals surface area contributed by atoms with Gasteiger partial charge >= 0.3 is 6.09 Å². The molecule has 0 bridgehead atoms. The van der Waals surface area contributed by atoms with Gasteiger partial charge in [-0.25, -0.2) is 4.79 Å². The number of alkyl carbamates (subject to hydrolysis) is 1. The van der Waals surface area contributed by atoms with Crippen LogP contribution in [0, 0.1) is 0 Å². The molecule has 0 saturated carbocycles. The van der Waals surface area contributed by atoms with Crippen LogP contribution in [-0.4, -0.2) is 73.4 Å². The number of hydrogen-bond donors (Lipinski definition) is 3. The van der Waals surface area contributed by atoms with Crippen molar-refractivity contribution in [1.82, 2.24) is 15.7 Å². The fourth-order valence-electron chi connectivity index (χ4n) is 3.15. The number of carbonyl (C=O) groups excluding carboxylic acids is 4. The highest BCUT2D eigenvalue weighted by molar-refractivity contribution is 6.20. The van der Waals surface area contributed by atoms with Gasteiger partial charge in [-0.15, -0.1) is 5.06 Å². The van der Waals surface area contributed by atoms with Crippen LogP contribution in [0.1, 0.15) is 60.7 Å². The van der Waals surface area contributed by atoms with Crippen LogP contribution in [0.2, 0.25) is 0 Å². The highest BCUT2D eigenvalue weighted by Gasteiger charge is 2.36. The van der Waals surface area contributed by atoms with Crippen LogP contribution in [0.3, 0.4) is 0 Å². The number of hydroxylamine groups is 2. The zero-order chi connectivity index (χ0) is 25.1. The average Bonchev–Trinajstić information content (AvgIpc) is 3.01. The van der Waals surface area contributed by atoms with Crippen LogP contribution < -0.4 is 16.4 Å². The molecule has 34 heavy (non-hydrogen) atoms. The first kappa shape index (κ1) is 27.2. The van der Waals surface area contributed by atoms with Gasteiger partial charge in [0.15, 0.2) is 0 Å². The zero-order valence-corrected chi connectivity index (χ0v) is 19.9. The Hall–Kier alpha value is -3.02. The van der Waals surface area contributed by atoms with Gasteiger partial charge in [0.25, 0.3) is 11.8 Å². The topological polar surface area (TPSA) is 149 Å². The Kier molecular flexibility index (Phi) is 10.4. The normalized spacial score (nSPS) is 14.1. The Morgan fingerprint density at radius 1 is 1.03 bits per heavy atom. The Balaban J connectivity index is 1.67. The third-order valence-corrected chi connectivity index (χ3v) is 4.70. The minimum absolute atomic E-state index is 0.0126. The van der Waals surface area contributed by atoms with Crippen LogP contribution in [0.25, 0.3) is 0 Å². The van der Waals surface area contributed by atoms with Crippen molar-refractivity contribution in [3.8, 4) is 0 Å². The number of nitrogens with zero attached hydrogens (tertiary/aromatic N) is 1. The van der Waals surface area contributed by atoms with E-state index >= 15 is 0 Å². The predicted molar refractivity (Wildman–Crippen MR) is 123 cm³/mol. The Morgan fingerprint density at radius 3 is 2.26 bits per heavy atom. The number of imide groups is 1. The molecule has 0 radical (unpaired) electrons. The van der Waals surface area contributed by atoms with Gasteiger partial charge in [0, 0.05) is 6.54 Å². The molecule has 1 aliphatic rings. The zero-order valence-electron chi connectivity index (χ0n) is 19.9. The molecule has 1 heterocycles. The minimum Gasteiger partial charge on any atom is -0.444 e. The van der Waals surface area contributed by atoms with Gasteiger partial charge in [0.05, 0.1) is 30.9 Å².